The fourth-order valence-corrected chi connectivity index (χ4v) is 2.12. The van der Waals surface area contributed by atoms with Gasteiger partial charge in [-0.25, -0.2) is 4.79 Å². The van der Waals surface area contributed by atoms with Crippen LogP contribution in [0.1, 0.15) is 36.2 Å². The first-order valence-corrected chi connectivity index (χ1v) is 8.29. The van der Waals surface area contributed by atoms with Gasteiger partial charge < -0.3 is 14.8 Å². The second-order valence-electron chi connectivity index (χ2n) is 5.57. The molecule has 2 aromatic carbocycles. The quantitative estimate of drug-likeness (QED) is 0.770. The number of nitriles is 1. The average Bonchev–Trinajstić information content (AvgIpc) is 2.67. The van der Waals surface area contributed by atoms with Gasteiger partial charge in [0.15, 0.2) is 6.10 Å². The molecule has 0 bridgehead atoms. The molecule has 0 aliphatic heterocycles. The summed E-state index contributed by atoms with van der Waals surface area (Å²) in [5.74, 6) is -0.403. The van der Waals surface area contributed by atoms with Gasteiger partial charge in [0.05, 0.1) is 17.7 Å². The maximum atomic E-state index is 12.3. The number of rotatable bonds is 7. The van der Waals surface area contributed by atoms with E-state index in [-0.39, 0.29) is 5.91 Å². The number of hydrogen-bond donors (Lipinski definition) is 1. The molecule has 2 aromatic rings. The van der Waals surface area contributed by atoms with E-state index in [2.05, 4.69) is 5.32 Å². The molecule has 0 saturated heterocycles. The Bertz CT molecular complexity index is 809. The molecule has 0 aliphatic rings. The summed E-state index contributed by atoms with van der Waals surface area (Å²) in [7, 11) is 0. The molecule has 0 radical (unpaired) electrons. The highest BCUT2D eigenvalue weighted by Gasteiger charge is 2.17. The summed E-state index contributed by atoms with van der Waals surface area (Å²) in [5.41, 5.74) is 1.32. The van der Waals surface area contributed by atoms with E-state index in [1.165, 1.54) is 0 Å². The number of amides is 1. The Balaban J connectivity index is 1.96. The summed E-state index contributed by atoms with van der Waals surface area (Å²) < 4.78 is 10.6. The van der Waals surface area contributed by atoms with Crippen LogP contribution in [0.15, 0.2) is 48.5 Å². The van der Waals surface area contributed by atoms with Gasteiger partial charge in [0.1, 0.15) is 11.8 Å². The van der Waals surface area contributed by atoms with Crippen LogP contribution in [-0.4, -0.2) is 24.6 Å². The van der Waals surface area contributed by atoms with Crippen molar-refractivity contribution in [2.45, 2.75) is 26.4 Å². The van der Waals surface area contributed by atoms with Crippen LogP contribution in [-0.2, 0) is 9.53 Å². The van der Waals surface area contributed by atoms with Crippen molar-refractivity contribution in [2.24, 2.45) is 0 Å². The van der Waals surface area contributed by atoms with Gasteiger partial charge in [-0.05, 0) is 49.7 Å². The van der Waals surface area contributed by atoms with Crippen LogP contribution in [0.4, 0.5) is 5.69 Å². The van der Waals surface area contributed by atoms with Gasteiger partial charge >= 0.3 is 5.97 Å². The number of carbonyl (C=O) groups excluding carboxylic acids is 2. The number of esters is 1. The van der Waals surface area contributed by atoms with E-state index < -0.39 is 12.1 Å². The lowest BCUT2D eigenvalue weighted by atomic mass is 10.2. The molecule has 0 fully saturated rings. The first kappa shape index (κ1) is 19.0. The number of nitrogens with one attached hydrogen (secondary N) is 1. The zero-order valence-electron chi connectivity index (χ0n) is 14.7. The number of anilines is 1. The number of ether oxygens (including phenoxy) is 2. The molecule has 1 N–H and O–H groups in total. The third-order valence-electron chi connectivity index (χ3n) is 3.51. The molecule has 0 spiro atoms. The van der Waals surface area contributed by atoms with Crippen LogP contribution in [0.2, 0.25) is 0 Å². The largest absolute Gasteiger partial charge is 0.480 e. The Morgan fingerprint density at radius 3 is 2.50 bits per heavy atom. The molecule has 6 nitrogen and oxygen atoms in total. The van der Waals surface area contributed by atoms with E-state index >= 15 is 0 Å². The monoisotopic (exact) mass is 352 g/mol. The molecule has 1 unspecified atom stereocenters. The number of benzene rings is 2. The van der Waals surface area contributed by atoms with E-state index in [0.717, 1.165) is 6.42 Å². The molecule has 2 rings (SSSR count). The van der Waals surface area contributed by atoms with Crippen molar-refractivity contribution in [1.29, 1.82) is 5.26 Å². The minimum Gasteiger partial charge on any atom is -0.480 e. The lowest BCUT2D eigenvalue weighted by Crippen LogP contribution is -2.30. The van der Waals surface area contributed by atoms with Gasteiger partial charge in [-0.2, -0.15) is 5.26 Å². The smallest absolute Gasteiger partial charge is 0.338 e. The van der Waals surface area contributed by atoms with Crippen LogP contribution in [0.3, 0.4) is 0 Å². The number of carbonyl (C=O) groups is 2. The number of para-hydroxylation sites is 1. The second-order valence-corrected chi connectivity index (χ2v) is 5.57. The van der Waals surface area contributed by atoms with Crippen LogP contribution in [0, 0.1) is 11.3 Å². The van der Waals surface area contributed by atoms with Gasteiger partial charge in [-0.15, -0.1) is 0 Å². The van der Waals surface area contributed by atoms with E-state index in [1.807, 2.05) is 13.0 Å². The lowest BCUT2D eigenvalue weighted by Gasteiger charge is -2.15. The van der Waals surface area contributed by atoms with Crippen LogP contribution in [0.25, 0.3) is 0 Å². The lowest BCUT2D eigenvalue weighted by molar-refractivity contribution is -0.122. The summed E-state index contributed by atoms with van der Waals surface area (Å²) in [6, 6.07) is 15.2. The van der Waals surface area contributed by atoms with E-state index in [9.17, 15) is 9.59 Å². The molecule has 0 aliphatic carbocycles. The minimum absolute atomic E-state index is 0.353. The van der Waals surface area contributed by atoms with Crippen LogP contribution >= 0.6 is 0 Å². The fourth-order valence-electron chi connectivity index (χ4n) is 2.12. The zero-order valence-corrected chi connectivity index (χ0v) is 14.7. The molecule has 1 amide bonds. The third kappa shape index (κ3) is 5.08. The van der Waals surface area contributed by atoms with Crippen molar-refractivity contribution in [2.75, 3.05) is 11.9 Å². The molecule has 0 heterocycles. The summed E-state index contributed by atoms with van der Waals surface area (Å²) in [5, 5.41) is 11.8. The molecule has 134 valence electrons. The molecule has 0 saturated carbocycles. The molecule has 6 heteroatoms. The first-order valence-electron chi connectivity index (χ1n) is 8.29. The van der Waals surface area contributed by atoms with E-state index in [4.69, 9.17) is 14.7 Å². The highest BCUT2D eigenvalue weighted by Crippen LogP contribution is 2.19. The van der Waals surface area contributed by atoms with E-state index in [1.54, 1.807) is 55.5 Å². The Hall–Kier alpha value is -3.33. The second kappa shape index (κ2) is 9.23. The SMILES string of the molecule is CCCOC(=O)c1ccc(NC(=O)C(C)Oc2ccccc2C#N)cc1. The fraction of sp³-hybridized carbons (Fsp3) is 0.250. The number of hydrogen-bond acceptors (Lipinski definition) is 5. The Labute approximate surface area is 152 Å². The van der Waals surface area contributed by atoms with Crippen molar-refractivity contribution in [1.82, 2.24) is 0 Å². The standard InChI is InChI=1S/C20H20N2O4/c1-3-12-25-20(24)15-8-10-17(11-9-15)22-19(23)14(2)26-18-7-5-4-6-16(18)13-21/h4-11,14H,3,12H2,1-2H3,(H,22,23). The summed E-state index contributed by atoms with van der Waals surface area (Å²) >= 11 is 0. The minimum atomic E-state index is -0.793. The molecule has 26 heavy (non-hydrogen) atoms. The highest BCUT2D eigenvalue weighted by atomic mass is 16.5. The maximum absolute atomic E-state index is 12.3. The summed E-state index contributed by atoms with van der Waals surface area (Å²) in [4.78, 5) is 24.0. The summed E-state index contributed by atoms with van der Waals surface area (Å²) in [6.45, 7) is 3.89. The normalized spacial score (nSPS) is 11.1. The van der Waals surface area contributed by atoms with Gasteiger partial charge in [0.2, 0.25) is 0 Å². The third-order valence-corrected chi connectivity index (χ3v) is 3.51. The van der Waals surface area contributed by atoms with Crippen molar-refractivity contribution < 1.29 is 19.1 Å². The van der Waals surface area contributed by atoms with Crippen molar-refractivity contribution in [3.05, 3.63) is 59.7 Å². The van der Waals surface area contributed by atoms with E-state index in [0.29, 0.717) is 29.2 Å². The first-order chi connectivity index (χ1) is 12.5. The highest BCUT2D eigenvalue weighted by molar-refractivity contribution is 5.95. The predicted octanol–water partition coefficient (Wildman–Crippen LogP) is 3.53. The Kier molecular flexibility index (Phi) is 6.75. The van der Waals surface area contributed by atoms with Crippen molar-refractivity contribution in [3.8, 4) is 11.8 Å². The zero-order chi connectivity index (χ0) is 18.9. The molecular weight excluding hydrogens is 332 g/mol. The van der Waals surface area contributed by atoms with Gasteiger partial charge in [-0.3, -0.25) is 4.79 Å². The van der Waals surface area contributed by atoms with Crippen LogP contribution < -0.4 is 10.1 Å². The van der Waals surface area contributed by atoms with Gasteiger partial charge in [-0.1, -0.05) is 19.1 Å². The number of nitrogens with zero attached hydrogens (tertiary/aromatic N) is 1. The Morgan fingerprint density at radius 2 is 1.85 bits per heavy atom. The maximum Gasteiger partial charge on any atom is 0.338 e. The molecular formula is C20H20N2O4. The topological polar surface area (TPSA) is 88.4 Å². The predicted molar refractivity (Wildman–Crippen MR) is 96.9 cm³/mol. The average molecular weight is 352 g/mol. The molecule has 0 aromatic heterocycles. The summed E-state index contributed by atoms with van der Waals surface area (Å²) in [6.07, 6.45) is -0.0362. The van der Waals surface area contributed by atoms with Crippen molar-refractivity contribution in [3.63, 3.8) is 0 Å². The van der Waals surface area contributed by atoms with Gasteiger partial charge in [0.25, 0.3) is 5.91 Å². The van der Waals surface area contributed by atoms with Crippen molar-refractivity contribution >= 4 is 17.6 Å². The van der Waals surface area contributed by atoms with Crippen LogP contribution in [0.5, 0.6) is 5.75 Å². The molecule has 1 atom stereocenters. The van der Waals surface area contributed by atoms with Gasteiger partial charge in [0, 0.05) is 5.69 Å². The Morgan fingerprint density at radius 1 is 1.15 bits per heavy atom.